The van der Waals surface area contributed by atoms with Crippen molar-refractivity contribution >= 4 is 23.5 Å². The van der Waals surface area contributed by atoms with E-state index in [0.29, 0.717) is 0 Å². The van der Waals surface area contributed by atoms with Crippen molar-refractivity contribution in [1.29, 1.82) is 0 Å². The molecule has 1 heterocycles. The number of hydrazone groups is 1. The summed E-state index contributed by atoms with van der Waals surface area (Å²) in [6.45, 7) is 1.54. The smallest absolute Gasteiger partial charge is 0.355 e. The van der Waals surface area contributed by atoms with Gasteiger partial charge in [-0.1, -0.05) is 19.3 Å². The standard InChI is InChI=1S/C14H21N3O4/c1-9(13(19)15-10-5-3-2-4-6-10)21-14(20)11-7-8-12(18)17-16-11/h9-10H,2-8H2,1H3,(H,15,19)(H,17,18)/t9-/m1/s1. The molecule has 2 N–H and O–H groups in total. The number of hydrogen-bond donors (Lipinski definition) is 2. The van der Waals surface area contributed by atoms with Crippen molar-refractivity contribution in [3.05, 3.63) is 0 Å². The molecule has 21 heavy (non-hydrogen) atoms. The number of nitrogens with zero attached hydrogens (tertiary/aromatic N) is 1. The Morgan fingerprint density at radius 1 is 1.29 bits per heavy atom. The second-order valence-electron chi connectivity index (χ2n) is 5.48. The van der Waals surface area contributed by atoms with Gasteiger partial charge in [-0.05, 0) is 19.8 Å². The summed E-state index contributed by atoms with van der Waals surface area (Å²) < 4.78 is 5.10. The first kappa shape index (κ1) is 15.5. The summed E-state index contributed by atoms with van der Waals surface area (Å²) in [5.74, 6) is -1.16. The molecule has 2 rings (SSSR count). The number of carbonyl (C=O) groups is 3. The summed E-state index contributed by atoms with van der Waals surface area (Å²) in [5.41, 5.74) is 2.37. The third-order valence-electron chi connectivity index (χ3n) is 3.74. The Kier molecular flexibility index (Phi) is 5.30. The summed E-state index contributed by atoms with van der Waals surface area (Å²) in [7, 11) is 0. The van der Waals surface area contributed by atoms with Gasteiger partial charge in [0.1, 0.15) is 5.71 Å². The van der Waals surface area contributed by atoms with Crippen LogP contribution >= 0.6 is 0 Å². The first-order valence-corrected chi connectivity index (χ1v) is 7.43. The number of nitrogens with one attached hydrogen (secondary N) is 2. The summed E-state index contributed by atoms with van der Waals surface area (Å²) >= 11 is 0. The molecule has 1 fully saturated rings. The molecule has 0 bridgehead atoms. The van der Waals surface area contributed by atoms with Crippen LogP contribution in [0.25, 0.3) is 0 Å². The molecule has 7 heteroatoms. The third kappa shape index (κ3) is 4.54. The number of amides is 2. The Hall–Kier alpha value is -1.92. The Labute approximate surface area is 123 Å². The highest BCUT2D eigenvalue weighted by molar-refractivity contribution is 6.37. The molecule has 1 aliphatic carbocycles. The molecule has 0 unspecified atom stereocenters. The lowest BCUT2D eigenvalue weighted by atomic mass is 9.95. The topological polar surface area (TPSA) is 96.9 Å². The van der Waals surface area contributed by atoms with Crippen molar-refractivity contribution in [2.75, 3.05) is 0 Å². The van der Waals surface area contributed by atoms with Gasteiger partial charge in [-0.15, -0.1) is 0 Å². The minimum atomic E-state index is -0.861. The Balaban J connectivity index is 1.79. The normalized spacial score (nSPS) is 21.0. The average Bonchev–Trinajstić information content (AvgIpc) is 2.48. The zero-order valence-electron chi connectivity index (χ0n) is 12.2. The second kappa shape index (κ2) is 7.19. The van der Waals surface area contributed by atoms with E-state index >= 15 is 0 Å². The van der Waals surface area contributed by atoms with Crippen LogP contribution in [0.15, 0.2) is 5.10 Å². The second-order valence-corrected chi connectivity index (χ2v) is 5.48. The van der Waals surface area contributed by atoms with Crippen molar-refractivity contribution in [1.82, 2.24) is 10.7 Å². The van der Waals surface area contributed by atoms with E-state index in [1.54, 1.807) is 0 Å². The fraction of sp³-hybridized carbons (Fsp3) is 0.714. The van der Waals surface area contributed by atoms with Gasteiger partial charge in [0.05, 0.1) is 0 Å². The highest BCUT2D eigenvalue weighted by Crippen LogP contribution is 2.17. The largest absolute Gasteiger partial charge is 0.448 e. The van der Waals surface area contributed by atoms with Gasteiger partial charge in [0.2, 0.25) is 5.91 Å². The lowest BCUT2D eigenvalue weighted by molar-refractivity contribution is -0.149. The number of carbonyl (C=O) groups excluding carboxylic acids is 3. The molecule has 1 saturated carbocycles. The van der Waals surface area contributed by atoms with E-state index in [1.807, 2.05) is 0 Å². The van der Waals surface area contributed by atoms with Crippen molar-refractivity contribution in [2.45, 2.75) is 64.0 Å². The molecule has 2 amide bonds. The van der Waals surface area contributed by atoms with Gasteiger partial charge in [-0.2, -0.15) is 5.10 Å². The van der Waals surface area contributed by atoms with Crippen LogP contribution in [-0.4, -0.2) is 35.6 Å². The molecule has 0 aromatic heterocycles. The van der Waals surface area contributed by atoms with Crippen LogP contribution in [0.2, 0.25) is 0 Å². The number of ether oxygens (including phenoxy) is 1. The van der Waals surface area contributed by atoms with Crippen LogP contribution in [0.3, 0.4) is 0 Å². The molecular weight excluding hydrogens is 274 g/mol. The van der Waals surface area contributed by atoms with Crippen molar-refractivity contribution in [3.63, 3.8) is 0 Å². The lowest BCUT2D eigenvalue weighted by Gasteiger charge is -2.24. The first-order chi connectivity index (χ1) is 10.1. The summed E-state index contributed by atoms with van der Waals surface area (Å²) in [4.78, 5) is 34.8. The average molecular weight is 295 g/mol. The van der Waals surface area contributed by atoms with Gasteiger partial charge >= 0.3 is 5.97 Å². The van der Waals surface area contributed by atoms with E-state index in [9.17, 15) is 14.4 Å². The maximum absolute atomic E-state index is 12.0. The molecule has 1 aliphatic heterocycles. The number of esters is 1. The first-order valence-electron chi connectivity index (χ1n) is 7.43. The number of rotatable bonds is 4. The number of hydrogen-bond acceptors (Lipinski definition) is 5. The molecule has 0 aromatic carbocycles. The van der Waals surface area contributed by atoms with Gasteiger partial charge in [0, 0.05) is 18.9 Å². The highest BCUT2D eigenvalue weighted by Gasteiger charge is 2.25. The molecule has 0 spiro atoms. The van der Waals surface area contributed by atoms with Crippen LogP contribution in [0, 0.1) is 0 Å². The van der Waals surface area contributed by atoms with Crippen molar-refractivity contribution < 1.29 is 19.1 Å². The summed E-state index contributed by atoms with van der Waals surface area (Å²) in [5, 5.41) is 6.56. The summed E-state index contributed by atoms with van der Waals surface area (Å²) in [6, 6.07) is 0.179. The van der Waals surface area contributed by atoms with Crippen molar-refractivity contribution in [3.8, 4) is 0 Å². The molecule has 0 aromatic rings. The fourth-order valence-electron chi connectivity index (χ4n) is 2.47. The van der Waals surface area contributed by atoms with Crippen molar-refractivity contribution in [2.24, 2.45) is 5.10 Å². The van der Waals surface area contributed by atoms with E-state index in [0.717, 1.165) is 25.7 Å². The molecule has 0 radical (unpaired) electrons. The van der Waals surface area contributed by atoms with E-state index in [4.69, 9.17) is 4.74 Å². The molecule has 1 atom stereocenters. The van der Waals surface area contributed by atoms with Crippen LogP contribution in [0.1, 0.15) is 51.9 Å². The zero-order valence-corrected chi connectivity index (χ0v) is 12.2. The minimum Gasteiger partial charge on any atom is -0.448 e. The predicted octanol–water partition coefficient (Wildman–Crippen LogP) is 0.633. The summed E-state index contributed by atoms with van der Waals surface area (Å²) in [6.07, 6.45) is 4.99. The Bertz CT molecular complexity index is 455. The van der Waals surface area contributed by atoms with Crippen LogP contribution < -0.4 is 10.7 Å². The Morgan fingerprint density at radius 2 is 2.00 bits per heavy atom. The minimum absolute atomic E-state index is 0.145. The van der Waals surface area contributed by atoms with Gasteiger partial charge in [-0.25, -0.2) is 10.2 Å². The van der Waals surface area contributed by atoms with E-state index < -0.39 is 12.1 Å². The maximum Gasteiger partial charge on any atom is 0.355 e. The Morgan fingerprint density at radius 3 is 2.62 bits per heavy atom. The lowest BCUT2D eigenvalue weighted by Crippen LogP contribution is -2.43. The highest BCUT2D eigenvalue weighted by atomic mass is 16.5. The van der Waals surface area contributed by atoms with Gasteiger partial charge in [0.15, 0.2) is 6.10 Å². The van der Waals surface area contributed by atoms with Crippen LogP contribution in [0.5, 0.6) is 0 Å². The molecule has 116 valence electrons. The molecule has 0 saturated heterocycles. The van der Waals surface area contributed by atoms with Crippen LogP contribution in [-0.2, 0) is 19.1 Å². The van der Waals surface area contributed by atoms with Crippen LogP contribution in [0.4, 0.5) is 0 Å². The molecular formula is C14H21N3O4. The van der Waals surface area contributed by atoms with E-state index in [2.05, 4.69) is 15.8 Å². The maximum atomic E-state index is 12.0. The third-order valence-corrected chi connectivity index (χ3v) is 3.74. The van der Waals surface area contributed by atoms with E-state index in [1.165, 1.54) is 13.3 Å². The zero-order chi connectivity index (χ0) is 15.2. The van der Waals surface area contributed by atoms with Gasteiger partial charge in [-0.3, -0.25) is 9.59 Å². The quantitative estimate of drug-likeness (QED) is 0.743. The molecule has 7 nitrogen and oxygen atoms in total. The van der Waals surface area contributed by atoms with Gasteiger partial charge < -0.3 is 10.1 Å². The SMILES string of the molecule is C[C@@H](OC(=O)C1=NNC(=O)CC1)C(=O)NC1CCCCC1. The monoisotopic (exact) mass is 295 g/mol. The van der Waals surface area contributed by atoms with E-state index in [-0.39, 0.29) is 36.4 Å². The fourth-order valence-corrected chi connectivity index (χ4v) is 2.47. The predicted molar refractivity (Wildman–Crippen MR) is 75.4 cm³/mol. The van der Waals surface area contributed by atoms with Gasteiger partial charge in [0.25, 0.3) is 5.91 Å². The molecule has 2 aliphatic rings.